The lowest BCUT2D eigenvalue weighted by Crippen LogP contribution is -2.29. The molecule has 0 bridgehead atoms. The van der Waals surface area contributed by atoms with Crippen LogP contribution in [0.15, 0.2) is 24.3 Å². The van der Waals surface area contributed by atoms with Gasteiger partial charge in [0.05, 0.1) is 6.54 Å². The molecular formula is C26H35N3O2. The van der Waals surface area contributed by atoms with Gasteiger partial charge in [0, 0.05) is 17.0 Å². The van der Waals surface area contributed by atoms with Gasteiger partial charge in [-0.05, 0) is 54.7 Å². The van der Waals surface area contributed by atoms with Gasteiger partial charge >= 0.3 is 6.03 Å². The Hall–Kier alpha value is -2.69. The summed E-state index contributed by atoms with van der Waals surface area (Å²) in [4.78, 5) is 30.7. The summed E-state index contributed by atoms with van der Waals surface area (Å²) >= 11 is 0. The van der Waals surface area contributed by atoms with Crippen molar-refractivity contribution in [2.24, 2.45) is 11.3 Å². The molecule has 1 aliphatic rings. The van der Waals surface area contributed by atoms with Crippen LogP contribution in [0.4, 0.5) is 4.79 Å². The summed E-state index contributed by atoms with van der Waals surface area (Å²) in [6.45, 7) is 15.8. The van der Waals surface area contributed by atoms with Gasteiger partial charge < -0.3 is 4.90 Å². The Kier molecular flexibility index (Phi) is 6.54. The molecule has 5 nitrogen and oxygen atoms in total. The molecule has 31 heavy (non-hydrogen) atoms. The zero-order valence-electron chi connectivity index (χ0n) is 19.9. The van der Waals surface area contributed by atoms with Crippen LogP contribution in [0.2, 0.25) is 0 Å². The van der Waals surface area contributed by atoms with Crippen molar-refractivity contribution in [3.63, 3.8) is 0 Å². The number of carbonyl (C=O) groups excluding carboxylic acids is 2. The number of rotatable bonds is 6. The summed E-state index contributed by atoms with van der Waals surface area (Å²) in [5.41, 5.74) is 7.96. The van der Waals surface area contributed by atoms with Gasteiger partial charge in [-0.25, -0.2) is 4.79 Å². The first-order valence-corrected chi connectivity index (χ1v) is 11.1. The number of aryl methyl sites for hydroxylation is 2. The molecule has 1 aromatic carbocycles. The first-order valence-electron chi connectivity index (χ1n) is 11.1. The molecule has 2 heterocycles. The van der Waals surface area contributed by atoms with Gasteiger partial charge in [-0.2, -0.15) is 0 Å². The van der Waals surface area contributed by atoms with Gasteiger partial charge in [0.1, 0.15) is 6.54 Å². The number of carbonyl (C=O) groups is 2. The number of nitrogens with zero attached hydrogens (tertiary/aromatic N) is 2. The van der Waals surface area contributed by atoms with Gasteiger partial charge in [-0.15, -0.1) is 0 Å². The molecule has 1 aromatic heterocycles. The van der Waals surface area contributed by atoms with Crippen LogP contribution in [-0.2, 0) is 24.2 Å². The highest BCUT2D eigenvalue weighted by atomic mass is 16.2. The van der Waals surface area contributed by atoms with Crippen LogP contribution in [0.1, 0.15) is 62.7 Å². The molecule has 0 saturated carbocycles. The molecule has 1 aliphatic heterocycles. The smallest absolute Gasteiger partial charge is 0.311 e. The second-order valence-electron chi connectivity index (χ2n) is 10.4. The minimum Gasteiger partial charge on any atom is -0.311 e. The van der Waals surface area contributed by atoms with E-state index in [1.807, 2.05) is 6.92 Å². The third kappa shape index (κ3) is 5.52. The van der Waals surface area contributed by atoms with Crippen molar-refractivity contribution in [2.75, 3.05) is 6.54 Å². The number of urea groups is 1. The highest BCUT2D eigenvalue weighted by Gasteiger charge is 2.30. The quantitative estimate of drug-likeness (QED) is 0.652. The van der Waals surface area contributed by atoms with E-state index in [4.69, 9.17) is 4.98 Å². The van der Waals surface area contributed by atoms with Crippen LogP contribution < -0.4 is 5.32 Å². The fraction of sp³-hybridized carbons (Fsp3) is 0.500. The molecule has 0 unspecified atom stereocenters. The van der Waals surface area contributed by atoms with E-state index < -0.39 is 0 Å². The van der Waals surface area contributed by atoms with Crippen LogP contribution in [0.25, 0.3) is 11.1 Å². The molecule has 0 radical (unpaired) electrons. The zero-order valence-corrected chi connectivity index (χ0v) is 19.9. The SMILES string of the molecule is Cc1ccc(-c2c(CN3CC(=O)NC3=O)c(C)nc(CC(C)C)c2CC(C)(C)C)cc1. The molecular weight excluding hydrogens is 386 g/mol. The molecule has 0 aliphatic carbocycles. The van der Waals surface area contributed by atoms with Crippen molar-refractivity contribution >= 4 is 11.9 Å². The lowest BCUT2D eigenvalue weighted by molar-refractivity contribution is -0.118. The minimum absolute atomic E-state index is 0.0837. The predicted molar refractivity (Wildman–Crippen MR) is 125 cm³/mol. The summed E-state index contributed by atoms with van der Waals surface area (Å²) in [5, 5.41) is 2.39. The van der Waals surface area contributed by atoms with Crippen LogP contribution in [0.3, 0.4) is 0 Å². The largest absolute Gasteiger partial charge is 0.324 e. The fourth-order valence-corrected chi connectivity index (χ4v) is 4.18. The third-order valence-electron chi connectivity index (χ3n) is 5.56. The molecule has 5 heteroatoms. The molecule has 1 N–H and O–H groups in total. The molecule has 0 atom stereocenters. The summed E-state index contributed by atoms with van der Waals surface area (Å²) < 4.78 is 0. The van der Waals surface area contributed by atoms with Gasteiger partial charge in [0.15, 0.2) is 0 Å². The van der Waals surface area contributed by atoms with E-state index in [0.717, 1.165) is 35.4 Å². The molecule has 166 valence electrons. The zero-order chi connectivity index (χ0) is 22.9. The topological polar surface area (TPSA) is 62.3 Å². The van der Waals surface area contributed by atoms with Crippen molar-refractivity contribution in [2.45, 2.75) is 67.9 Å². The van der Waals surface area contributed by atoms with Gasteiger partial charge in [-0.3, -0.25) is 15.1 Å². The summed E-state index contributed by atoms with van der Waals surface area (Å²) in [5.74, 6) is 0.239. The van der Waals surface area contributed by atoms with E-state index in [0.29, 0.717) is 12.5 Å². The number of hydrogen-bond acceptors (Lipinski definition) is 3. The Morgan fingerprint density at radius 1 is 1.06 bits per heavy atom. The second-order valence-corrected chi connectivity index (χ2v) is 10.4. The fourth-order valence-electron chi connectivity index (χ4n) is 4.18. The Balaban J connectivity index is 2.25. The normalized spacial score (nSPS) is 14.5. The maximum Gasteiger partial charge on any atom is 0.324 e. The highest BCUT2D eigenvalue weighted by Crippen LogP contribution is 2.37. The van der Waals surface area contributed by atoms with E-state index in [-0.39, 0.29) is 23.9 Å². The first-order chi connectivity index (χ1) is 14.4. The number of amides is 3. The number of imide groups is 1. The number of aromatic nitrogens is 1. The van der Waals surface area contributed by atoms with Crippen molar-refractivity contribution < 1.29 is 9.59 Å². The van der Waals surface area contributed by atoms with Gasteiger partial charge in [-0.1, -0.05) is 64.4 Å². The molecule has 2 aromatic rings. The lowest BCUT2D eigenvalue weighted by Gasteiger charge is -2.28. The van der Waals surface area contributed by atoms with E-state index in [1.165, 1.54) is 16.7 Å². The summed E-state index contributed by atoms with van der Waals surface area (Å²) in [6.07, 6.45) is 1.80. The van der Waals surface area contributed by atoms with Crippen molar-refractivity contribution in [1.82, 2.24) is 15.2 Å². The molecule has 3 amide bonds. The number of benzene rings is 1. The van der Waals surface area contributed by atoms with Crippen molar-refractivity contribution in [1.29, 1.82) is 0 Å². The molecule has 0 spiro atoms. The number of pyridine rings is 1. The van der Waals surface area contributed by atoms with E-state index in [2.05, 4.69) is 71.1 Å². The van der Waals surface area contributed by atoms with Crippen LogP contribution in [-0.4, -0.2) is 28.4 Å². The second kappa shape index (κ2) is 8.81. The van der Waals surface area contributed by atoms with Gasteiger partial charge in [0.25, 0.3) is 0 Å². The number of nitrogens with one attached hydrogen (secondary N) is 1. The van der Waals surface area contributed by atoms with Gasteiger partial charge in [0.2, 0.25) is 5.91 Å². The Labute approximate surface area is 186 Å². The van der Waals surface area contributed by atoms with Crippen molar-refractivity contribution in [3.8, 4) is 11.1 Å². The maximum absolute atomic E-state index is 12.3. The molecule has 1 saturated heterocycles. The van der Waals surface area contributed by atoms with Crippen LogP contribution >= 0.6 is 0 Å². The lowest BCUT2D eigenvalue weighted by atomic mass is 9.81. The summed E-state index contributed by atoms with van der Waals surface area (Å²) in [7, 11) is 0. The first kappa shape index (κ1) is 23.0. The van der Waals surface area contributed by atoms with Crippen LogP contribution in [0.5, 0.6) is 0 Å². The Morgan fingerprint density at radius 2 is 1.71 bits per heavy atom. The van der Waals surface area contributed by atoms with Crippen molar-refractivity contribution in [3.05, 3.63) is 52.3 Å². The summed E-state index contributed by atoms with van der Waals surface area (Å²) in [6, 6.07) is 8.25. The monoisotopic (exact) mass is 421 g/mol. The van der Waals surface area contributed by atoms with E-state index in [9.17, 15) is 9.59 Å². The predicted octanol–water partition coefficient (Wildman–Crippen LogP) is 5.20. The van der Waals surface area contributed by atoms with Crippen LogP contribution in [0, 0.1) is 25.2 Å². The Bertz CT molecular complexity index is 985. The third-order valence-corrected chi connectivity index (χ3v) is 5.56. The minimum atomic E-state index is -0.331. The average molecular weight is 422 g/mol. The molecule has 1 fully saturated rings. The Morgan fingerprint density at radius 3 is 2.23 bits per heavy atom. The van der Waals surface area contributed by atoms with E-state index in [1.54, 1.807) is 4.90 Å². The number of hydrogen-bond donors (Lipinski definition) is 1. The highest BCUT2D eigenvalue weighted by molar-refractivity contribution is 6.01. The standard InChI is InChI=1S/C26H35N3O2/c1-16(2)12-22-20(13-26(5,6)7)24(19-10-8-17(3)9-11-19)21(18(4)27-22)14-29-15-23(30)28-25(29)31/h8-11,16H,12-15H2,1-7H3,(H,28,30,31). The van der Waals surface area contributed by atoms with E-state index >= 15 is 0 Å². The average Bonchev–Trinajstić information content (AvgIpc) is 2.95. The molecule has 3 rings (SSSR count). The maximum atomic E-state index is 12.3.